The zero-order valence-electron chi connectivity index (χ0n) is 12.5. The summed E-state index contributed by atoms with van der Waals surface area (Å²) in [7, 11) is 0. The van der Waals surface area contributed by atoms with Crippen LogP contribution in [0.1, 0.15) is 45.4 Å². The van der Waals surface area contributed by atoms with Gasteiger partial charge in [0, 0.05) is 16.5 Å². The van der Waals surface area contributed by atoms with Gasteiger partial charge in [-0.15, -0.1) is 5.10 Å². The lowest BCUT2D eigenvalue weighted by molar-refractivity contribution is 0.368. The Bertz CT molecular complexity index is 624. The molecule has 4 heteroatoms. The maximum absolute atomic E-state index is 4.50. The quantitative estimate of drug-likeness (QED) is 0.668. The molecule has 1 heterocycles. The van der Waals surface area contributed by atoms with Crippen molar-refractivity contribution in [2.45, 2.75) is 45.4 Å². The summed E-state index contributed by atoms with van der Waals surface area (Å²) in [6.07, 6.45) is 9.71. The average molecular weight is 282 g/mol. The number of anilines is 1. The second kappa shape index (κ2) is 6.66. The number of rotatable bonds is 4. The zero-order chi connectivity index (χ0) is 14.5. The smallest absolute Gasteiger partial charge is 0.176 e. The van der Waals surface area contributed by atoms with Gasteiger partial charge in [-0.2, -0.15) is 10.2 Å². The molecule has 21 heavy (non-hydrogen) atoms. The van der Waals surface area contributed by atoms with E-state index in [-0.39, 0.29) is 0 Å². The van der Waals surface area contributed by atoms with E-state index < -0.39 is 0 Å². The number of hydrogen-bond donors (Lipinski definition) is 1. The first kappa shape index (κ1) is 14.0. The average Bonchev–Trinajstić information content (AvgIpc) is 2.54. The summed E-state index contributed by atoms with van der Waals surface area (Å²) in [4.78, 5) is 0. The van der Waals surface area contributed by atoms with Crippen LogP contribution < -0.4 is 5.43 Å². The van der Waals surface area contributed by atoms with Crippen molar-refractivity contribution in [2.24, 2.45) is 11.0 Å². The van der Waals surface area contributed by atoms with Gasteiger partial charge in [0.2, 0.25) is 0 Å². The van der Waals surface area contributed by atoms with Crippen molar-refractivity contribution in [3.05, 3.63) is 30.5 Å². The van der Waals surface area contributed by atoms with E-state index in [1.165, 1.54) is 32.1 Å². The van der Waals surface area contributed by atoms with Crippen molar-refractivity contribution in [1.29, 1.82) is 0 Å². The number of hydrazone groups is 1. The molecule has 1 aromatic carbocycles. The van der Waals surface area contributed by atoms with Crippen molar-refractivity contribution in [2.75, 3.05) is 5.43 Å². The summed E-state index contributed by atoms with van der Waals surface area (Å²) in [5, 5.41) is 14.8. The molecule has 0 saturated heterocycles. The van der Waals surface area contributed by atoms with Crippen LogP contribution in [0.25, 0.3) is 10.8 Å². The second-order valence-electron chi connectivity index (χ2n) is 5.95. The molecule has 0 spiro atoms. The summed E-state index contributed by atoms with van der Waals surface area (Å²) in [5.74, 6) is 1.54. The van der Waals surface area contributed by atoms with E-state index in [1.807, 2.05) is 24.3 Å². The highest BCUT2D eigenvalue weighted by atomic mass is 15.3. The Morgan fingerprint density at radius 3 is 2.90 bits per heavy atom. The lowest BCUT2D eigenvalue weighted by Gasteiger charge is -2.21. The van der Waals surface area contributed by atoms with E-state index in [2.05, 4.69) is 27.6 Å². The van der Waals surface area contributed by atoms with Crippen LogP contribution in [0.3, 0.4) is 0 Å². The van der Waals surface area contributed by atoms with Gasteiger partial charge in [0.1, 0.15) is 0 Å². The van der Waals surface area contributed by atoms with Gasteiger partial charge in [-0.25, -0.2) is 0 Å². The number of nitrogens with zero attached hydrogens (tertiary/aromatic N) is 3. The van der Waals surface area contributed by atoms with Crippen LogP contribution in [0.4, 0.5) is 5.82 Å². The Morgan fingerprint density at radius 1 is 1.24 bits per heavy atom. The largest absolute Gasteiger partial charge is 0.259 e. The molecule has 1 aromatic heterocycles. The predicted octanol–water partition coefficient (Wildman–Crippen LogP) is 4.39. The second-order valence-corrected chi connectivity index (χ2v) is 5.95. The van der Waals surface area contributed by atoms with Gasteiger partial charge in [0.25, 0.3) is 0 Å². The molecule has 0 aliphatic heterocycles. The molecule has 110 valence electrons. The third-order valence-electron chi connectivity index (χ3n) is 4.23. The third-order valence-corrected chi connectivity index (χ3v) is 4.23. The van der Waals surface area contributed by atoms with Crippen molar-refractivity contribution in [1.82, 2.24) is 10.2 Å². The molecule has 0 radical (unpaired) electrons. The van der Waals surface area contributed by atoms with Crippen LogP contribution in [0.5, 0.6) is 0 Å². The van der Waals surface area contributed by atoms with Crippen molar-refractivity contribution < 1.29 is 0 Å². The lowest BCUT2D eigenvalue weighted by Crippen LogP contribution is -2.11. The van der Waals surface area contributed by atoms with Gasteiger partial charge in [-0.05, 0) is 19.3 Å². The minimum Gasteiger partial charge on any atom is -0.259 e. The molecule has 3 rings (SSSR count). The van der Waals surface area contributed by atoms with E-state index in [0.717, 1.165) is 34.6 Å². The molecule has 1 aliphatic rings. The highest BCUT2D eigenvalue weighted by Crippen LogP contribution is 2.26. The number of hydrogen-bond acceptors (Lipinski definition) is 4. The Labute approximate surface area is 125 Å². The molecule has 1 fully saturated rings. The Kier molecular flexibility index (Phi) is 4.43. The first-order valence-electron chi connectivity index (χ1n) is 7.82. The van der Waals surface area contributed by atoms with Crippen LogP contribution in [0.2, 0.25) is 0 Å². The monoisotopic (exact) mass is 282 g/mol. The summed E-state index contributed by atoms with van der Waals surface area (Å²) in [6.45, 7) is 2.10. The molecule has 4 nitrogen and oxygen atoms in total. The molecule has 0 unspecified atom stereocenters. The highest BCUT2D eigenvalue weighted by molar-refractivity contribution is 5.91. The molecule has 0 bridgehead atoms. The van der Waals surface area contributed by atoms with E-state index in [4.69, 9.17) is 0 Å². The Morgan fingerprint density at radius 2 is 2.05 bits per heavy atom. The van der Waals surface area contributed by atoms with E-state index >= 15 is 0 Å². The topological polar surface area (TPSA) is 50.2 Å². The standard InChI is InChI=1S/C17H22N4/c1-13(11-14-7-3-2-4-8-14)19-21-17-16-10-6-5-9-15(16)12-18-20-17/h5-6,9-10,12,14H,2-4,7-8,11H2,1H3,(H,20,21)/b19-13-. The normalized spacial score (nSPS) is 17.1. The molecular formula is C17H22N4. The van der Waals surface area contributed by atoms with Gasteiger partial charge in [0.15, 0.2) is 5.82 Å². The van der Waals surface area contributed by atoms with Gasteiger partial charge < -0.3 is 0 Å². The number of benzene rings is 1. The molecule has 1 saturated carbocycles. The summed E-state index contributed by atoms with van der Waals surface area (Å²) in [5.41, 5.74) is 4.24. The van der Waals surface area contributed by atoms with Crippen LogP contribution in [-0.2, 0) is 0 Å². The molecular weight excluding hydrogens is 260 g/mol. The molecule has 2 aromatic rings. The molecule has 0 atom stereocenters. The first-order chi connectivity index (χ1) is 10.3. The maximum atomic E-state index is 4.50. The molecule has 1 N–H and O–H groups in total. The van der Waals surface area contributed by atoms with Gasteiger partial charge >= 0.3 is 0 Å². The molecule has 0 amide bonds. The number of nitrogens with one attached hydrogen (secondary N) is 1. The number of aromatic nitrogens is 2. The minimum atomic E-state index is 0.732. The van der Waals surface area contributed by atoms with Gasteiger partial charge in [-0.3, -0.25) is 5.43 Å². The summed E-state index contributed by atoms with van der Waals surface area (Å²) < 4.78 is 0. The van der Waals surface area contributed by atoms with Crippen LogP contribution in [-0.4, -0.2) is 15.9 Å². The lowest BCUT2D eigenvalue weighted by atomic mass is 9.86. The van der Waals surface area contributed by atoms with Crippen LogP contribution in [0.15, 0.2) is 35.6 Å². The highest BCUT2D eigenvalue weighted by Gasteiger charge is 2.14. The number of fused-ring (bicyclic) bond motifs is 1. The Balaban J connectivity index is 1.68. The SMILES string of the molecule is C/C(CC1CCCCC1)=N/Nc1nncc2ccccc12. The summed E-state index contributed by atoms with van der Waals surface area (Å²) >= 11 is 0. The van der Waals surface area contributed by atoms with Gasteiger partial charge in [-0.1, -0.05) is 56.4 Å². The van der Waals surface area contributed by atoms with E-state index in [1.54, 1.807) is 6.20 Å². The summed E-state index contributed by atoms with van der Waals surface area (Å²) in [6, 6.07) is 8.09. The van der Waals surface area contributed by atoms with Crippen molar-refractivity contribution >= 4 is 22.3 Å². The minimum absolute atomic E-state index is 0.732. The van der Waals surface area contributed by atoms with E-state index in [9.17, 15) is 0 Å². The van der Waals surface area contributed by atoms with E-state index in [0.29, 0.717) is 0 Å². The fourth-order valence-electron chi connectivity index (χ4n) is 3.11. The maximum Gasteiger partial charge on any atom is 0.176 e. The fourth-order valence-corrected chi connectivity index (χ4v) is 3.11. The molecule has 1 aliphatic carbocycles. The fraction of sp³-hybridized carbons (Fsp3) is 0.471. The van der Waals surface area contributed by atoms with Crippen molar-refractivity contribution in [3.8, 4) is 0 Å². The third kappa shape index (κ3) is 3.57. The Hall–Kier alpha value is -1.97. The van der Waals surface area contributed by atoms with Crippen LogP contribution >= 0.6 is 0 Å². The van der Waals surface area contributed by atoms with Gasteiger partial charge in [0.05, 0.1) is 6.20 Å². The van der Waals surface area contributed by atoms with Crippen molar-refractivity contribution in [3.63, 3.8) is 0 Å². The first-order valence-corrected chi connectivity index (χ1v) is 7.82. The zero-order valence-corrected chi connectivity index (χ0v) is 12.5. The predicted molar refractivity (Wildman–Crippen MR) is 87.5 cm³/mol. The van der Waals surface area contributed by atoms with Crippen LogP contribution in [0, 0.1) is 5.92 Å².